The predicted molar refractivity (Wildman–Crippen MR) is 55.0 cm³/mol. The summed E-state index contributed by atoms with van der Waals surface area (Å²) >= 11 is 0. The molecule has 0 amide bonds. The van der Waals surface area contributed by atoms with Crippen LogP contribution >= 0.6 is 0 Å². The van der Waals surface area contributed by atoms with Crippen molar-refractivity contribution in [3.63, 3.8) is 0 Å². The Labute approximate surface area is 76.1 Å². The number of hydrogen-bond donors (Lipinski definition) is 0. The van der Waals surface area contributed by atoms with Crippen molar-refractivity contribution in [2.24, 2.45) is 0 Å². The summed E-state index contributed by atoms with van der Waals surface area (Å²) in [7, 11) is 0. The zero-order valence-corrected chi connectivity index (χ0v) is 8.38. The lowest BCUT2D eigenvalue weighted by molar-refractivity contribution is 0.259. The fourth-order valence-corrected chi connectivity index (χ4v) is 1.23. The molecule has 0 rings (SSSR count). The van der Waals surface area contributed by atoms with Crippen LogP contribution in [0.15, 0.2) is 31.2 Å². The van der Waals surface area contributed by atoms with E-state index in [1.165, 1.54) is 0 Å². The third kappa shape index (κ3) is 2.98. The van der Waals surface area contributed by atoms with Crippen molar-refractivity contribution in [3.05, 3.63) is 31.2 Å². The summed E-state index contributed by atoms with van der Waals surface area (Å²) < 4.78 is 0. The summed E-state index contributed by atoms with van der Waals surface area (Å²) in [5, 5.41) is 0. The van der Waals surface area contributed by atoms with Gasteiger partial charge in [0.05, 0.1) is 0 Å². The van der Waals surface area contributed by atoms with Gasteiger partial charge in [0.25, 0.3) is 0 Å². The fraction of sp³-hybridized carbons (Fsp3) is 0.545. The van der Waals surface area contributed by atoms with E-state index in [4.69, 9.17) is 0 Å². The van der Waals surface area contributed by atoms with Gasteiger partial charge in [-0.1, -0.05) is 19.6 Å². The van der Waals surface area contributed by atoms with E-state index >= 15 is 0 Å². The largest absolute Gasteiger partial charge is 0.362 e. The number of rotatable bonds is 5. The lowest BCUT2D eigenvalue weighted by Crippen LogP contribution is -2.34. The highest BCUT2D eigenvalue weighted by Crippen LogP contribution is 2.09. The molecule has 0 saturated heterocycles. The quantitative estimate of drug-likeness (QED) is 0.447. The SMILES string of the molecule is C=C=CN(C(C)C)[C@H](C=C)CC. The van der Waals surface area contributed by atoms with Gasteiger partial charge in [0, 0.05) is 18.3 Å². The Bertz CT molecular complexity index is 175. The van der Waals surface area contributed by atoms with E-state index in [2.05, 4.69) is 44.6 Å². The second kappa shape index (κ2) is 5.68. The second-order valence-electron chi connectivity index (χ2n) is 3.09. The molecule has 12 heavy (non-hydrogen) atoms. The van der Waals surface area contributed by atoms with Gasteiger partial charge in [-0.05, 0) is 20.3 Å². The smallest absolute Gasteiger partial charge is 0.0470 e. The van der Waals surface area contributed by atoms with Gasteiger partial charge in [-0.15, -0.1) is 12.3 Å². The minimum atomic E-state index is 0.402. The Hall–Kier alpha value is -0.940. The molecule has 0 unspecified atom stereocenters. The zero-order chi connectivity index (χ0) is 9.56. The predicted octanol–water partition coefficient (Wildman–Crippen LogP) is 2.96. The molecule has 0 aromatic rings. The molecule has 0 aromatic carbocycles. The molecule has 1 atom stereocenters. The van der Waals surface area contributed by atoms with E-state index in [1.54, 1.807) is 0 Å². The van der Waals surface area contributed by atoms with Crippen LogP contribution in [0.1, 0.15) is 27.2 Å². The van der Waals surface area contributed by atoms with Crippen molar-refractivity contribution in [3.8, 4) is 0 Å². The first-order valence-corrected chi connectivity index (χ1v) is 4.43. The zero-order valence-electron chi connectivity index (χ0n) is 8.38. The van der Waals surface area contributed by atoms with E-state index < -0.39 is 0 Å². The van der Waals surface area contributed by atoms with Crippen LogP contribution in [0.5, 0.6) is 0 Å². The summed E-state index contributed by atoms with van der Waals surface area (Å²) in [6, 6.07) is 0.876. The van der Waals surface area contributed by atoms with Crippen molar-refractivity contribution >= 4 is 0 Å². The van der Waals surface area contributed by atoms with Crippen LogP contribution in [0.2, 0.25) is 0 Å². The molecule has 0 saturated carbocycles. The van der Waals surface area contributed by atoms with Crippen molar-refractivity contribution in [1.29, 1.82) is 0 Å². The highest BCUT2D eigenvalue weighted by Gasteiger charge is 2.11. The van der Waals surface area contributed by atoms with Gasteiger partial charge in [0.1, 0.15) is 0 Å². The minimum absolute atomic E-state index is 0.402. The third-order valence-corrected chi connectivity index (χ3v) is 1.91. The maximum Gasteiger partial charge on any atom is 0.0470 e. The third-order valence-electron chi connectivity index (χ3n) is 1.91. The average molecular weight is 165 g/mol. The van der Waals surface area contributed by atoms with Gasteiger partial charge >= 0.3 is 0 Å². The summed E-state index contributed by atoms with van der Waals surface area (Å²) in [4.78, 5) is 2.21. The van der Waals surface area contributed by atoms with Gasteiger partial charge in [-0.3, -0.25) is 0 Å². The fourth-order valence-electron chi connectivity index (χ4n) is 1.23. The van der Waals surface area contributed by atoms with Gasteiger partial charge in [0.15, 0.2) is 0 Å². The lowest BCUT2D eigenvalue weighted by Gasteiger charge is -2.30. The van der Waals surface area contributed by atoms with Crippen molar-refractivity contribution in [1.82, 2.24) is 4.90 Å². The second-order valence-corrected chi connectivity index (χ2v) is 3.09. The van der Waals surface area contributed by atoms with Gasteiger partial charge in [0.2, 0.25) is 0 Å². The summed E-state index contributed by atoms with van der Waals surface area (Å²) in [6.07, 6.45) is 4.94. The molecule has 0 heterocycles. The molecular formula is C11H19N. The van der Waals surface area contributed by atoms with E-state index in [0.29, 0.717) is 12.1 Å². The Morgan fingerprint density at radius 1 is 1.50 bits per heavy atom. The molecule has 0 fully saturated rings. The van der Waals surface area contributed by atoms with Gasteiger partial charge in [-0.25, -0.2) is 0 Å². The van der Waals surface area contributed by atoms with Crippen LogP contribution in [0.3, 0.4) is 0 Å². The normalized spacial score (nSPS) is 12.0. The number of nitrogens with zero attached hydrogens (tertiary/aromatic N) is 1. The molecule has 68 valence electrons. The van der Waals surface area contributed by atoms with E-state index in [-0.39, 0.29) is 0 Å². The molecular weight excluding hydrogens is 146 g/mol. The Morgan fingerprint density at radius 2 is 2.08 bits per heavy atom. The maximum atomic E-state index is 3.81. The highest BCUT2D eigenvalue weighted by atomic mass is 15.2. The van der Waals surface area contributed by atoms with Crippen LogP contribution in [-0.4, -0.2) is 17.0 Å². The molecule has 0 bridgehead atoms. The molecule has 0 aliphatic carbocycles. The van der Waals surface area contributed by atoms with Crippen LogP contribution in [0.25, 0.3) is 0 Å². The van der Waals surface area contributed by atoms with E-state index in [0.717, 1.165) is 6.42 Å². The van der Waals surface area contributed by atoms with Crippen molar-refractivity contribution in [2.45, 2.75) is 39.3 Å². The van der Waals surface area contributed by atoms with Crippen molar-refractivity contribution < 1.29 is 0 Å². The summed E-state index contributed by atoms with van der Waals surface area (Å²) in [5.41, 5.74) is 2.80. The monoisotopic (exact) mass is 165 g/mol. The van der Waals surface area contributed by atoms with Crippen LogP contribution < -0.4 is 0 Å². The van der Waals surface area contributed by atoms with E-state index in [9.17, 15) is 0 Å². The Kier molecular flexibility index (Phi) is 5.23. The molecule has 0 aromatic heterocycles. The van der Waals surface area contributed by atoms with Gasteiger partial charge < -0.3 is 4.90 Å². The lowest BCUT2D eigenvalue weighted by atomic mass is 10.1. The average Bonchev–Trinajstić information content (AvgIpc) is 2.05. The standard InChI is InChI=1S/C11H19N/c1-6-9-12(10(4)5)11(7-2)8-3/h7,9-11H,1-2,8H2,3-5H3/t11-/m1/s1. The molecule has 0 spiro atoms. The van der Waals surface area contributed by atoms with Crippen LogP contribution in [0, 0.1) is 0 Å². The Morgan fingerprint density at radius 3 is 2.33 bits per heavy atom. The highest BCUT2D eigenvalue weighted by molar-refractivity contribution is 4.94. The van der Waals surface area contributed by atoms with E-state index in [1.807, 2.05) is 12.3 Å². The molecule has 0 aliphatic rings. The first kappa shape index (κ1) is 11.1. The van der Waals surface area contributed by atoms with Crippen LogP contribution in [0.4, 0.5) is 0 Å². The minimum Gasteiger partial charge on any atom is -0.362 e. The molecule has 1 nitrogen and oxygen atoms in total. The number of hydrogen-bond acceptors (Lipinski definition) is 1. The first-order chi connectivity index (χ1) is 5.67. The Balaban J connectivity index is 4.45. The molecule has 0 aliphatic heterocycles. The topological polar surface area (TPSA) is 3.24 Å². The molecule has 0 radical (unpaired) electrons. The first-order valence-electron chi connectivity index (χ1n) is 4.43. The van der Waals surface area contributed by atoms with Gasteiger partial charge in [-0.2, -0.15) is 0 Å². The van der Waals surface area contributed by atoms with Crippen molar-refractivity contribution in [2.75, 3.05) is 0 Å². The molecule has 0 N–H and O–H groups in total. The molecule has 1 heteroatoms. The summed E-state index contributed by atoms with van der Waals surface area (Å²) in [6.45, 7) is 13.8. The van der Waals surface area contributed by atoms with Crippen LogP contribution in [-0.2, 0) is 0 Å². The summed E-state index contributed by atoms with van der Waals surface area (Å²) in [5.74, 6) is 0. The maximum absolute atomic E-state index is 3.81.